The second-order valence-electron chi connectivity index (χ2n) is 6.41. The van der Waals surface area contributed by atoms with Crippen LogP contribution in [0.25, 0.3) is 5.76 Å². The molecule has 5 nitrogen and oxygen atoms in total. The van der Waals surface area contributed by atoms with Crippen LogP contribution in [0.5, 0.6) is 0 Å². The van der Waals surface area contributed by atoms with Gasteiger partial charge in [-0.2, -0.15) is 0 Å². The first-order chi connectivity index (χ1) is 14.0. The van der Waals surface area contributed by atoms with Gasteiger partial charge in [-0.3, -0.25) is 19.5 Å². The Labute approximate surface area is 176 Å². The maximum absolute atomic E-state index is 13.0. The maximum Gasteiger partial charge on any atom is 0.300 e. The molecule has 0 saturated carbocycles. The highest BCUT2D eigenvalue weighted by atomic mass is 35.5. The highest BCUT2D eigenvalue weighted by Crippen LogP contribution is 2.43. The third kappa shape index (κ3) is 3.39. The van der Waals surface area contributed by atoms with Crippen molar-refractivity contribution in [3.8, 4) is 0 Å². The number of aromatic nitrogens is 1. The number of amides is 1. The van der Waals surface area contributed by atoms with Gasteiger partial charge in [0.25, 0.3) is 11.7 Å². The lowest BCUT2D eigenvalue weighted by atomic mass is 9.95. The normalized spacial score (nSPS) is 18.3. The summed E-state index contributed by atoms with van der Waals surface area (Å²) >= 11 is 12.3. The highest BCUT2D eigenvalue weighted by molar-refractivity contribution is 6.52. The van der Waals surface area contributed by atoms with Gasteiger partial charge >= 0.3 is 0 Å². The second-order valence-corrected chi connectivity index (χ2v) is 7.25. The Kier molecular flexibility index (Phi) is 5.09. The Morgan fingerprint density at radius 2 is 1.69 bits per heavy atom. The molecule has 1 N–H and O–H groups in total. The van der Waals surface area contributed by atoms with E-state index in [0.717, 1.165) is 0 Å². The number of anilines is 1. The monoisotopic (exact) mass is 424 g/mol. The number of benzene rings is 2. The van der Waals surface area contributed by atoms with Crippen molar-refractivity contribution in [2.45, 2.75) is 6.04 Å². The van der Waals surface area contributed by atoms with Gasteiger partial charge in [-0.1, -0.05) is 41.4 Å². The lowest BCUT2D eigenvalue weighted by Gasteiger charge is -2.25. The number of hydrogen-bond acceptors (Lipinski definition) is 4. The molecule has 0 radical (unpaired) electrons. The number of aliphatic hydroxyl groups is 1. The first kappa shape index (κ1) is 19.2. The third-order valence-electron chi connectivity index (χ3n) is 4.69. The molecule has 2 heterocycles. The van der Waals surface area contributed by atoms with Crippen molar-refractivity contribution in [2.75, 3.05) is 4.90 Å². The van der Waals surface area contributed by atoms with Crippen LogP contribution in [0.3, 0.4) is 0 Å². The van der Waals surface area contributed by atoms with E-state index in [1.807, 2.05) is 0 Å². The van der Waals surface area contributed by atoms with Crippen molar-refractivity contribution in [1.82, 2.24) is 4.98 Å². The number of Topliss-reactive ketones (excluding diaryl/α,β-unsaturated/α-hetero) is 1. The van der Waals surface area contributed by atoms with Crippen molar-refractivity contribution in [3.05, 3.63) is 99.8 Å². The highest BCUT2D eigenvalue weighted by Gasteiger charge is 2.47. The van der Waals surface area contributed by atoms with Crippen LogP contribution in [0.1, 0.15) is 17.2 Å². The first-order valence-corrected chi connectivity index (χ1v) is 9.46. The molecule has 4 rings (SSSR count). The predicted octanol–water partition coefficient (Wildman–Crippen LogP) is 5.01. The van der Waals surface area contributed by atoms with E-state index in [2.05, 4.69) is 4.98 Å². The van der Waals surface area contributed by atoms with Gasteiger partial charge in [0.15, 0.2) is 0 Å². The number of halogens is 2. The fraction of sp³-hybridized carbons (Fsp3) is 0.0455. The van der Waals surface area contributed by atoms with Gasteiger partial charge < -0.3 is 5.11 Å². The molecule has 1 saturated heterocycles. The number of carbonyl (C=O) groups excluding carboxylic acids is 2. The fourth-order valence-electron chi connectivity index (χ4n) is 3.35. The number of pyridine rings is 1. The molecule has 1 aliphatic rings. The van der Waals surface area contributed by atoms with Crippen LogP contribution in [0.2, 0.25) is 10.0 Å². The Hall–Kier alpha value is -3.15. The van der Waals surface area contributed by atoms with Crippen molar-refractivity contribution >= 4 is 46.3 Å². The smallest absolute Gasteiger partial charge is 0.300 e. The standard InChI is InChI=1S/C22H14Cl2N2O3/c23-14-9-7-13(8-10-14)20(27)18-19(16-5-1-2-6-17(16)24)26(22(29)21(18)28)15-4-3-11-25-12-15/h1-12,19,27H/b20-18+. The lowest BCUT2D eigenvalue weighted by Crippen LogP contribution is -2.29. The Morgan fingerprint density at radius 3 is 2.34 bits per heavy atom. The van der Waals surface area contributed by atoms with Crippen LogP contribution in [0.4, 0.5) is 5.69 Å². The number of aliphatic hydroxyl groups excluding tert-OH is 1. The van der Waals surface area contributed by atoms with E-state index in [-0.39, 0.29) is 11.3 Å². The van der Waals surface area contributed by atoms with Crippen molar-refractivity contribution < 1.29 is 14.7 Å². The number of nitrogens with zero attached hydrogens (tertiary/aromatic N) is 2. The summed E-state index contributed by atoms with van der Waals surface area (Å²) < 4.78 is 0. The Balaban J connectivity index is 1.97. The van der Waals surface area contributed by atoms with Gasteiger partial charge in [0.05, 0.1) is 23.5 Å². The van der Waals surface area contributed by atoms with Crippen LogP contribution in [-0.4, -0.2) is 21.8 Å². The largest absolute Gasteiger partial charge is 0.507 e. The van der Waals surface area contributed by atoms with Crippen molar-refractivity contribution in [2.24, 2.45) is 0 Å². The molecule has 0 aliphatic carbocycles. The lowest BCUT2D eigenvalue weighted by molar-refractivity contribution is -0.132. The molecule has 29 heavy (non-hydrogen) atoms. The van der Waals surface area contributed by atoms with E-state index in [4.69, 9.17) is 23.2 Å². The zero-order chi connectivity index (χ0) is 20.5. The summed E-state index contributed by atoms with van der Waals surface area (Å²) in [5.41, 5.74) is 1.27. The molecule has 1 fully saturated rings. The number of carbonyl (C=O) groups is 2. The molecular formula is C22H14Cl2N2O3. The Morgan fingerprint density at radius 1 is 0.966 bits per heavy atom. The van der Waals surface area contributed by atoms with Crippen LogP contribution in [0.15, 0.2) is 78.6 Å². The fourth-order valence-corrected chi connectivity index (χ4v) is 3.71. The molecule has 3 aromatic rings. The zero-order valence-corrected chi connectivity index (χ0v) is 16.4. The van der Waals surface area contributed by atoms with Crippen LogP contribution < -0.4 is 4.90 Å². The minimum Gasteiger partial charge on any atom is -0.507 e. The van der Waals surface area contributed by atoms with E-state index >= 15 is 0 Å². The summed E-state index contributed by atoms with van der Waals surface area (Å²) in [7, 11) is 0. The second kappa shape index (κ2) is 7.70. The minimum atomic E-state index is -0.899. The van der Waals surface area contributed by atoms with E-state index < -0.39 is 17.7 Å². The molecule has 7 heteroatoms. The number of ketones is 1. The molecule has 1 unspecified atom stereocenters. The van der Waals surface area contributed by atoms with E-state index in [9.17, 15) is 14.7 Å². The molecular weight excluding hydrogens is 411 g/mol. The molecule has 1 aliphatic heterocycles. The molecule has 0 bridgehead atoms. The van der Waals surface area contributed by atoms with Crippen LogP contribution in [-0.2, 0) is 9.59 Å². The summed E-state index contributed by atoms with van der Waals surface area (Å²) in [4.78, 5) is 31.3. The average molecular weight is 425 g/mol. The van der Waals surface area contributed by atoms with Crippen molar-refractivity contribution in [3.63, 3.8) is 0 Å². The zero-order valence-electron chi connectivity index (χ0n) is 14.9. The van der Waals surface area contributed by atoms with E-state index in [0.29, 0.717) is 26.9 Å². The van der Waals surface area contributed by atoms with Gasteiger partial charge in [-0.25, -0.2) is 0 Å². The molecule has 0 spiro atoms. The SMILES string of the molecule is O=C1C(=O)N(c2cccnc2)C(c2ccccc2Cl)/C1=C(\O)c1ccc(Cl)cc1. The Bertz CT molecular complexity index is 1130. The summed E-state index contributed by atoms with van der Waals surface area (Å²) in [6, 6.07) is 15.7. The van der Waals surface area contributed by atoms with Gasteiger partial charge in [-0.05, 0) is 48.0 Å². The molecule has 1 aromatic heterocycles. The number of hydrogen-bond donors (Lipinski definition) is 1. The summed E-state index contributed by atoms with van der Waals surface area (Å²) in [6.07, 6.45) is 3.05. The summed E-state index contributed by atoms with van der Waals surface area (Å²) in [6.45, 7) is 0. The maximum atomic E-state index is 13.0. The number of rotatable bonds is 3. The topological polar surface area (TPSA) is 70.5 Å². The molecule has 1 amide bonds. The van der Waals surface area contributed by atoms with Gasteiger partial charge in [0.2, 0.25) is 0 Å². The molecule has 144 valence electrons. The minimum absolute atomic E-state index is 0.0470. The van der Waals surface area contributed by atoms with Gasteiger partial charge in [0, 0.05) is 21.8 Å². The third-order valence-corrected chi connectivity index (χ3v) is 5.28. The van der Waals surface area contributed by atoms with E-state index in [1.54, 1.807) is 66.9 Å². The average Bonchev–Trinajstić information content (AvgIpc) is 3.00. The first-order valence-electron chi connectivity index (χ1n) is 8.70. The van der Waals surface area contributed by atoms with E-state index in [1.165, 1.54) is 11.1 Å². The van der Waals surface area contributed by atoms with Crippen LogP contribution >= 0.6 is 23.2 Å². The van der Waals surface area contributed by atoms with Crippen LogP contribution in [0, 0.1) is 0 Å². The summed E-state index contributed by atoms with van der Waals surface area (Å²) in [5, 5.41) is 11.8. The quantitative estimate of drug-likeness (QED) is 0.364. The van der Waals surface area contributed by atoms with Gasteiger partial charge in [0.1, 0.15) is 5.76 Å². The van der Waals surface area contributed by atoms with Gasteiger partial charge in [-0.15, -0.1) is 0 Å². The predicted molar refractivity (Wildman–Crippen MR) is 112 cm³/mol. The molecule has 1 atom stereocenters. The van der Waals surface area contributed by atoms with Crippen molar-refractivity contribution in [1.29, 1.82) is 0 Å². The molecule has 2 aromatic carbocycles. The summed E-state index contributed by atoms with van der Waals surface area (Å²) in [5.74, 6) is -1.86.